The Balaban J connectivity index is 2.11. The Morgan fingerprint density at radius 1 is 1.33 bits per heavy atom. The van der Waals surface area contributed by atoms with E-state index in [0.29, 0.717) is 4.83 Å². The quantitative estimate of drug-likeness (QED) is 0.741. The molecule has 1 atom stereocenters. The molecular weight excluding hydrogens is 338 g/mol. The molecule has 0 radical (unpaired) electrons. The number of alkyl halides is 1. The van der Waals surface area contributed by atoms with Crippen molar-refractivity contribution in [1.29, 1.82) is 0 Å². The smallest absolute Gasteiger partial charge is 0.0555 e. The monoisotopic (exact) mass is 345 g/mol. The van der Waals surface area contributed by atoms with E-state index in [1.807, 2.05) is 18.3 Å². The SMILES string of the molecule is Brc1ccsc1C(Br)Cc1ccccn1. The Morgan fingerprint density at radius 2 is 2.20 bits per heavy atom. The molecule has 0 saturated carbocycles. The van der Waals surface area contributed by atoms with Crippen molar-refractivity contribution in [2.45, 2.75) is 11.2 Å². The highest BCUT2D eigenvalue weighted by molar-refractivity contribution is 9.11. The number of nitrogens with zero attached hydrogens (tertiary/aromatic N) is 1. The summed E-state index contributed by atoms with van der Waals surface area (Å²) < 4.78 is 1.17. The molecule has 2 heterocycles. The minimum absolute atomic E-state index is 0.335. The number of rotatable bonds is 3. The summed E-state index contributed by atoms with van der Waals surface area (Å²) in [6.07, 6.45) is 2.75. The van der Waals surface area contributed by atoms with Crippen molar-refractivity contribution < 1.29 is 0 Å². The molecule has 0 N–H and O–H groups in total. The van der Waals surface area contributed by atoms with Gasteiger partial charge in [-0.25, -0.2) is 0 Å². The molecule has 4 heteroatoms. The second-order valence-corrected chi connectivity index (χ2v) is 6.03. The van der Waals surface area contributed by atoms with Crippen molar-refractivity contribution in [3.8, 4) is 0 Å². The molecule has 15 heavy (non-hydrogen) atoms. The van der Waals surface area contributed by atoms with Gasteiger partial charge in [-0.3, -0.25) is 4.98 Å². The first-order valence-electron chi connectivity index (χ1n) is 4.54. The van der Waals surface area contributed by atoms with Crippen molar-refractivity contribution in [3.63, 3.8) is 0 Å². The van der Waals surface area contributed by atoms with Gasteiger partial charge >= 0.3 is 0 Å². The summed E-state index contributed by atoms with van der Waals surface area (Å²) in [7, 11) is 0. The minimum atomic E-state index is 0.335. The first-order chi connectivity index (χ1) is 7.27. The number of pyridine rings is 1. The van der Waals surface area contributed by atoms with Gasteiger partial charge < -0.3 is 0 Å². The summed E-state index contributed by atoms with van der Waals surface area (Å²) in [6.45, 7) is 0. The molecule has 78 valence electrons. The summed E-state index contributed by atoms with van der Waals surface area (Å²) in [5.74, 6) is 0. The van der Waals surface area contributed by atoms with E-state index in [0.717, 1.165) is 12.1 Å². The molecule has 1 unspecified atom stereocenters. The van der Waals surface area contributed by atoms with Crippen LogP contribution < -0.4 is 0 Å². The number of thiophene rings is 1. The zero-order valence-corrected chi connectivity index (χ0v) is 11.8. The second-order valence-electron chi connectivity index (χ2n) is 3.13. The molecule has 0 aliphatic heterocycles. The van der Waals surface area contributed by atoms with Crippen molar-refractivity contribution in [2.24, 2.45) is 0 Å². The Labute approximate surface area is 110 Å². The summed E-state index contributed by atoms with van der Waals surface area (Å²) in [5, 5.41) is 2.09. The molecule has 0 bridgehead atoms. The molecular formula is C11H9Br2NS. The third-order valence-electron chi connectivity index (χ3n) is 2.04. The lowest BCUT2D eigenvalue weighted by atomic mass is 10.2. The first kappa shape index (κ1) is 11.3. The van der Waals surface area contributed by atoms with Gasteiger partial charge in [0.05, 0.1) is 4.83 Å². The third kappa shape index (κ3) is 2.89. The van der Waals surface area contributed by atoms with Crippen molar-refractivity contribution >= 4 is 43.2 Å². The maximum Gasteiger partial charge on any atom is 0.0555 e. The average molecular weight is 347 g/mol. The molecule has 0 saturated heterocycles. The lowest BCUT2D eigenvalue weighted by Gasteiger charge is -2.07. The summed E-state index contributed by atoms with van der Waals surface area (Å²) >= 11 is 8.99. The van der Waals surface area contributed by atoms with Gasteiger partial charge in [-0.15, -0.1) is 11.3 Å². The summed E-state index contributed by atoms with van der Waals surface area (Å²) in [4.78, 5) is 5.97. The van der Waals surface area contributed by atoms with Crippen LogP contribution in [0, 0.1) is 0 Å². The first-order valence-corrected chi connectivity index (χ1v) is 7.13. The molecule has 0 spiro atoms. The van der Waals surface area contributed by atoms with E-state index in [9.17, 15) is 0 Å². The van der Waals surface area contributed by atoms with Crippen LogP contribution in [0.3, 0.4) is 0 Å². The number of hydrogen-bond acceptors (Lipinski definition) is 2. The Morgan fingerprint density at radius 3 is 2.80 bits per heavy atom. The van der Waals surface area contributed by atoms with Gasteiger partial charge in [0.15, 0.2) is 0 Å². The summed E-state index contributed by atoms with van der Waals surface area (Å²) in [6, 6.07) is 8.09. The topological polar surface area (TPSA) is 12.9 Å². The van der Waals surface area contributed by atoms with Gasteiger partial charge in [0.2, 0.25) is 0 Å². The van der Waals surface area contributed by atoms with Crippen LogP contribution in [0.25, 0.3) is 0 Å². The molecule has 0 amide bonds. The third-order valence-corrected chi connectivity index (χ3v) is 5.11. The highest BCUT2D eigenvalue weighted by Crippen LogP contribution is 2.36. The van der Waals surface area contributed by atoms with Gasteiger partial charge in [0.25, 0.3) is 0 Å². The normalized spacial score (nSPS) is 12.7. The Hall–Kier alpha value is -0.190. The fourth-order valence-electron chi connectivity index (χ4n) is 1.32. The average Bonchev–Trinajstić information content (AvgIpc) is 2.66. The molecule has 2 aromatic heterocycles. The van der Waals surface area contributed by atoms with E-state index < -0.39 is 0 Å². The predicted molar refractivity (Wildman–Crippen MR) is 71.6 cm³/mol. The second kappa shape index (κ2) is 5.23. The largest absolute Gasteiger partial charge is 0.261 e. The van der Waals surface area contributed by atoms with Crippen molar-refractivity contribution in [3.05, 3.63) is 50.9 Å². The molecule has 0 fully saturated rings. The van der Waals surface area contributed by atoms with Crippen LogP contribution in [0.15, 0.2) is 40.3 Å². The maximum absolute atomic E-state index is 4.32. The molecule has 2 rings (SSSR count). The highest BCUT2D eigenvalue weighted by atomic mass is 79.9. The fraction of sp³-hybridized carbons (Fsp3) is 0.182. The van der Waals surface area contributed by atoms with E-state index in [2.05, 4.69) is 54.4 Å². The van der Waals surface area contributed by atoms with Crippen LogP contribution in [0.4, 0.5) is 0 Å². The van der Waals surface area contributed by atoms with E-state index in [4.69, 9.17) is 0 Å². The molecule has 0 aliphatic rings. The Bertz CT molecular complexity index is 427. The summed E-state index contributed by atoms with van der Waals surface area (Å²) in [5.41, 5.74) is 1.11. The highest BCUT2D eigenvalue weighted by Gasteiger charge is 2.13. The van der Waals surface area contributed by atoms with Crippen LogP contribution in [0.1, 0.15) is 15.4 Å². The lowest BCUT2D eigenvalue weighted by molar-refractivity contribution is 0.917. The molecule has 2 aromatic rings. The maximum atomic E-state index is 4.32. The van der Waals surface area contributed by atoms with Gasteiger partial charge in [-0.05, 0) is 39.5 Å². The fourth-order valence-corrected chi connectivity index (χ4v) is 4.16. The number of hydrogen-bond donors (Lipinski definition) is 0. The van der Waals surface area contributed by atoms with E-state index in [1.54, 1.807) is 11.3 Å². The van der Waals surface area contributed by atoms with Crippen LogP contribution >= 0.6 is 43.2 Å². The minimum Gasteiger partial charge on any atom is -0.261 e. The van der Waals surface area contributed by atoms with Crippen LogP contribution in [0.5, 0.6) is 0 Å². The van der Waals surface area contributed by atoms with Crippen molar-refractivity contribution in [1.82, 2.24) is 4.98 Å². The standard InChI is InChI=1S/C11H9Br2NS/c12-9-4-6-15-11(9)10(13)7-8-3-1-2-5-14-8/h1-6,10H,7H2. The van der Waals surface area contributed by atoms with E-state index in [1.165, 1.54) is 9.35 Å². The number of aromatic nitrogens is 1. The van der Waals surface area contributed by atoms with Gasteiger partial charge in [0, 0.05) is 27.7 Å². The zero-order valence-electron chi connectivity index (χ0n) is 7.86. The Kier molecular flexibility index (Phi) is 3.94. The van der Waals surface area contributed by atoms with E-state index >= 15 is 0 Å². The van der Waals surface area contributed by atoms with Crippen molar-refractivity contribution in [2.75, 3.05) is 0 Å². The number of halogens is 2. The van der Waals surface area contributed by atoms with Gasteiger partial charge in [0.1, 0.15) is 0 Å². The zero-order chi connectivity index (χ0) is 10.7. The van der Waals surface area contributed by atoms with E-state index in [-0.39, 0.29) is 0 Å². The van der Waals surface area contributed by atoms with Gasteiger partial charge in [-0.1, -0.05) is 22.0 Å². The van der Waals surface area contributed by atoms with Crippen LogP contribution in [0.2, 0.25) is 0 Å². The molecule has 1 nitrogen and oxygen atoms in total. The molecule has 0 aromatic carbocycles. The van der Waals surface area contributed by atoms with Gasteiger partial charge in [-0.2, -0.15) is 0 Å². The lowest BCUT2D eigenvalue weighted by Crippen LogP contribution is -1.95. The molecule has 0 aliphatic carbocycles. The van der Waals surface area contributed by atoms with Crippen LogP contribution in [-0.4, -0.2) is 4.98 Å². The predicted octanol–water partition coefficient (Wildman–Crippen LogP) is 4.58. The van der Waals surface area contributed by atoms with Crippen LogP contribution in [-0.2, 0) is 6.42 Å².